The summed E-state index contributed by atoms with van der Waals surface area (Å²) >= 11 is 0. The van der Waals surface area contributed by atoms with E-state index >= 15 is 0 Å². The Morgan fingerprint density at radius 3 is 2.39 bits per heavy atom. The molecule has 1 aromatic rings. The predicted molar refractivity (Wildman–Crippen MR) is 84.9 cm³/mol. The lowest BCUT2D eigenvalue weighted by Crippen LogP contribution is -2.48. The van der Waals surface area contributed by atoms with Gasteiger partial charge in [-0.3, -0.25) is 0 Å². The van der Waals surface area contributed by atoms with Gasteiger partial charge < -0.3 is 19.2 Å². The van der Waals surface area contributed by atoms with Crippen molar-refractivity contribution in [1.82, 2.24) is 4.90 Å². The second-order valence-electron chi connectivity index (χ2n) is 6.83. The van der Waals surface area contributed by atoms with E-state index in [0.717, 1.165) is 25.9 Å². The van der Waals surface area contributed by atoms with Gasteiger partial charge in [0.2, 0.25) is 11.6 Å². The zero-order valence-electron chi connectivity index (χ0n) is 14.0. The summed E-state index contributed by atoms with van der Waals surface area (Å²) in [7, 11) is 2.03. The van der Waals surface area contributed by atoms with Crippen molar-refractivity contribution >= 4 is 17.9 Å². The van der Waals surface area contributed by atoms with Crippen LogP contribution in [0.5, 0.6) is 0 Å². The molecular formula is C16H24N2O5. The molecule has 0 aromatic carbocycles. The molecule has 2 rings (SSSR count). The minimum atomic E-state index is -1.16. The molecule has 0 bridgehead atoms. The Hall–Kier alpha value is -2.02. The first kappa shape index (κ1) is 17.3. The number of carboxylic acid groups (broad SMARTS) is 1. The van der Waals surface area contributed by atoms with E-state index in [4.69, 9.17) is 14.3 Å². The lowest BCUT2D eigenvalue weighted by molar-refractivity contribution is 0.0536. The highest BCUT2D eigenvalue weighted by Crippen LogP contribution is 2.27. The van der Waals surface area contributed by atoms with Crippen molar-refractivity contribution in [3.05, 3.63) is 17.9 Å². The number of anilines is 1. The number of aromatic carboxylic acids is 1. The predicted octanol–water partition coefficient (Wildman–Crippen LogP) is 2.81. The lowest BCUT2D eigenvalue weighted by Gasteiger charge is -2.36. The molecular weight excluding hydrogens is 300 g/mol. The Bertz CT molecular complexity index is 567. The third-order valence-electron chi connectivity index (χ3n) is 3.68. The molecule has 0 radical (unpaired) electrons. The molecule has 128 valence electrons. The number of carboxylic acids is 1. The number of furan rings is 1. The van der Waals surface area contributed by atoms with Gasteiger partial charge in [0.25, 0.3) is 0 Å². The summed E-state index contributed by atoms with van der Waals surface area (Å²) < 4.78 is 10.8. The third kappa shape index (κ3) is 4.48. The van der Waals surface area contributed by atoms with Crippen LogP contribution in [-0.2, 0) is 4.74 Å². The zero-order chi connectivity index (χ0) is 17.2. The summed E-state index contributed by atoms with van der Waals surface area (Å²) in [6.07, 6.45) is 1.04. The Kier molecular flexibility index (Phi) is 4.99. The number of nitrogens with zero attached hydrogens (tertiary/aromatic N) is 2. The van der Waals surface area contributed by atoms with Crippen LogP contribution in [0.3, 0.4) is 0 Å². The van der Waals surface area contributed by atoms with E-state index in [9.17, 15) is 9.59 Å². The number of amides is 1. The maximum Gasteiger partial charge on any atom is 0.417 e. The lowest BCUT2D eigenvalue weighted by atomic mass is 10.0. The van der Waals surface area contributed by atoms with Gasteiger partial charge in [0.05, 0.1) is 0 Å². The summed E-state index contributed by atoms with van der Waals surface area (Å²) in [6, 6.07) is 2.78. The molecule has 0 saturated carbocycles. The standard InChI is InChI=1S/C16H24N2O5/c1-16(2,3)23-15(21)18(11-7-9-17(4)10-8-11)13-6-5-12(22-13)14(19)20/h5-6,11H,7-10H2,1-4H3,(H,19,20). The largest absolute Gasteiger partial charge is 0.475 e. The average Bonchev–Trinajstić information content (AvgIpc) is 2.89. The molecule has 0 atom stereocenters. The van der Waals surface area contributed by atoms with Crippen LogP contribution in [0.15, 0.2) is 16.5 Å². The maximum absolute atomic E-state index is 12.6. The molecule has 1 amide bonds. The van der Waals surface area contributed by atoms with Crippen LogP contribution in [0.25, 0.3) is 0 Å². The smallest absolute Gasteiger partial charge is 0.417 e. The number of ether oxygens (including phenoxy) is 1. The number of likely N-dealkylation sites (tertiary alicyclic amines) is 1. The summed E-state index contributed by atoms with van der Waals surface area (Å²) in [5.74, 6) is -1.14. The number of piperidine rings is 1. The Morgan fingerprint density at radius 1 is 1.30 bits per heavy atom. The molecule has 0 aliphatic carbocycles. The zero-order valence-corrected chi connectivity index (χ0v) is 14.0. The highest BCUT2D eigenvalue weighted by Gasteiger charge is 2.33. The van der Waals surface area contributed by atoms with Crippen molar-refractivity contribution < 1.29 is 23.8 Å². The van der Waals surface area contributed by atoms with E-state index in [2.05, 4.69) is 4.90 Å². The van der Waals surface area contributed by atoms with Gasteiger partial charge in [0.15, 0.2) is 0 Å². The van der Waals surface area contributed by atoms with Crippen LogP contribution in [0.4, 0.5) is 10.7 Å². The molecule has 1 aliphatic rings. The number of hydrogen-bond donors (Lipinski definition) is 1. The van der Waals surface area contributed by atoms with Gasteiger partial charge in [0, 0.05) is 12.1 Å². The van der Waals surface area contributed by atoms with Gasteiger partial charge in [0.1, 0.15) is 5.60 Å². The van der Waals surface area contributed by atoms with Gasteiger partial charge in [-0.25, -0.2) is 14.5 Å². The fourth-order valence-corrected chi connectivity index (χ4v) is 2.56. The molecule has 0 spiro atoms. The van der Waals surface area contributed by atoms with E-state index in [1.54, 1.807) is 20.8 Å². The van der Waals surface area contributed by atoms with Gasteiger partial charge in [-0.15, -0.1) is 0 Å². The first-order valence-corrected chi connectivity index (χ1v) is 7.71. The number of carbonyl (C=O) groups excluding carboxylic acids is 1. The third-order valence-corrected chi connectivity index (χ3v) is 3.68. The molecule has 0 unspecified atom stereocenters. The first-order chi connectivity index (χ1) is 10.7. The van der Waals surface area contributed by atoms with Gasteiger partial charge >= 0.3 is 12.1 Å². The van der Waals surface area contributed by atoms with Crippen LogP contribution >= 0.6 is 0 Å². The molecule has 1 saturated heterocycles. The summed E-state index contributed by atoms with van der Waals surface area (Å²) in [5, 5.41) is 9.01. The second kappa shape index (κ2) is 6.62. The Morgan fingerprint density at radius 2 is 1.91 bits per heavy atom. The summed E-state index contributed by atoms with van der Waals surface area (Å²) in [4.78, 5) is 27.3. The van der Waals surface area contributed by atoms with Crippen molar-refractivity contribution in [3.8, 4) is 0 Å². The molecule has 1 fully saturated rings. The molecule has 1 aromatic heterocycles. The van der Waals surface area contributed by atoms with Crippen molar-refractivity contribution in [2.24, 2.45) is 0 Å². The van der Waals surface area contributed by atoms with Crippen LogP contribution in [0.2, 0.25) is 0 Å². The van der Waals surface area contributed by atoms with Gasteiger partial charge in [-0.2, -0.15) is 0 Å². The monoisotopic (exact) mass is 324 g/mol. The fourth-order valence-electron chi connectivity index (χ4n) is 2.56. The van der Waals surface area contributed by atoms with Gasteiger partial charge in [-0.05, 0) is 59.8 Å². The van der Waals surface area contributed by atoms with E-state index < -0.39 is 17.7 Å². The summed E-state index contributed by atoms with van der Waals surface area (Å²) in [6.45, 7) is 7.10. The van der Waals surface area contributed by atoms with Crippen molar-refractivity contribution in [3.63, 3.8) is 0 Å². The number of rotatable bonds is 3. The summed E-state index contributed by atoms with van der Waals surface area (Å²) in [5.41, 5.74) is -0.636. The van der Waals surface area contributed by atoms with E-state index in [-0.39, 0.29) is 17.7 Å². The Balaban J connectivity index is 2.26. The number of carbonyl (C=O) groups is 2. The topological polar surface area (TPSA) is 83.2 Å². The minimum absolute atomic E-state index is 0.0751. The van der Waals surface area contributed by atoms with Crippen LogP contribution in [0.1, 0.15) is 44.2 Å². The first-order valence-electron chi connectivity index (χ1n) is 7.71. The molecule has 7 heteroatoms. The highest BCUT2D eigenvalue weighted by atomic mass is 16.6. The van der Waals surface area contributed by atoms with Crippen molar-refractivity contribution in [1.29, 1.82) is 0 Å². The molecule has 1 aliphatic heterocycles. The second-order valence-corrected chi connectivity index (χ2v) is 6.83. The van der Waals surface area contributed by atoms with E-state index in [1.165, 1.54) is 17.0 Å². The van der Waals surface area contributed by atoms with Gasteiger partial charge in [-0.1, -0.05) is 0 Å². The van der Waals surface area contributed by atoms with Crippen LogP contribution < -0.4 is 4.90 Å². The van der Waals surface area contributed by atoms with E-state index in [0.29, 0.717) is 0 Å². The van der Waals surface area contributed by atoms with Crippen molar-refractivity contribution in [2.75, 3.05) is 25.0 Å². The normalized spacial score (nSPS) is 17.0. The SMILES string of the molecule is CN1CCC(N(C(=O)OC(C)(C)C)c2ccc(C(=O)O)o2)CC1. The molecule has 1 N–H and O–H groups in total. The highest BCUT2D eigenvalue weighted by molar-refractivity contribution is 5.89. The quantitative estimate of drug-likeness (QED) is 0.920. The van der Waals surface area contributed by atoms with Crippen LogP contribution in [-0.4, -0.2) is 53.8 Å². The van der Waals surface area contributed by atoms with E-state index in [1.807, 2.05) is 7.05 Å². The Labute approximate surface area is 135 Å². The minimum Gasteiger partial charge on any atom is -0.475 e. The average molecular weight is 324 g/mol. The molecule has 7 nitrogen and oxygen atoms in total. The number of hydrogen-bond acceptors (Lipinski definition) is 5. The van der Waals surface area contributed by atoms with Crippen molar-refractivity contribution in [2.45, 2.75) is 45.3 Å². The molecule has 23 heavy (non-hydrogen) atoms. The van der Waals surface area contributed by atoms with Crippen LogP contribution in [0, 0.1) is 0 Å². The molecule has 2 heterocycles. The fraction of sp³-hybridized carbons (Fsp3) is 0.625. The maximum atomic E-state index is 12.6.